The summed E-state index contributed by atoms with van der Waals surface area (Å²) < 4.78 is 7.08. The van der Waals surface area contributed by atoms with E-state index < -0.39 is 13.7 Å². The Labute approximate surface area is 213 Å². The van der Waals surface area contributed by atoms with E-state index in [2.05, 4.69) is 102 Å². The van der Waals surface area contributed by atoms with Crippen LogP contribution in [-0.2, 0) is 14.0 Å². The van der Waals surface area contributed by atoms with Gasteiger partial charge in [0.2, 0.25) is 0 Å². The van der Waals surface area contributed by atoms with E-state index in [1.54, 1.807) is 0 Å². The second-order valence-electron chi connectivity index (χ2n) is 11.5. The highest BCUT2D eigenvalue weighted by Gasteiger charge is 2.55. The molecule has 1 saturated carbocycles. The first kappa shape index (κ1) is 27.3. The number of hydrogen-bond donors (Lipinski definition) is 0. The molecule has 35 heavy (non-hydrogen) atoms. The number of rotatable bonds is 11. The van der Waals surface area contributed by atoms with E-state index in [1.807, 2.05) is 0 Å². The number of Topliss-reactive ketones (excluding diaryl/α,β-unsaturated/α-hetero) is 1. The van der Waals surface area contributed by atoms with Crippen LogP contribution in [-0.4, -0.2) is 27.0 Å². The topological polar surface area (TPSA) is 43.4 Å². The number of aldehydes is 1. The van der Waals surface area contributed by atoms with Gasteiger partial charge in [0.1, 0.15) is 12.1 Å². The van der Waals surface area contributed by atoms with Crippen LogP contribution in [0, 0.1) is 10.8 Å². The SMILES string of the molecule is C=C(CCC=O)C1(C)C(=O)CC[C@@]1(C)CCCO[Si](c1ccccc1)(c1ccccc1)C(C)(C)C. The van der Waals surface area contributed by atoms with Gasteiger partial charge >= 0.3 is 0 Å². The van der Waals surface area contributed by atoms with Crippen LogP contribution in [0.3, 0.4) is 0 Å². The maximum Gasteiger partial charge on any atom is 0.261 e. The van der Waals surface area contributed by atoms with Gasteiger partial charge < -0.3 is 9.22 Å². The number of hydrogen-bond acceptors (Lipinski definition) is 3. The maximum absolute atomic E-state index is 13.0. The van der Waals surface area contributed by atoms with Crippen molar-refractivity contribution in [3.63, 3.8) is 0 Å². The van der Waals surface area contributed by atoms with Crippen LogP contribution in [0.1, 0.15) is 73.1 Å². The summed E-state index contributed by atoms with van der Waals surface area (Å²) in [6.07, 6.45) is 5.15. The summed E-state index contributed by atoms with van der Waals surface area (Å²) in [6, 6.07) is 21.4. The van der Waals surface area contributed by atoms with Crippen molar-refractivity contribution in [3.8, 4) is 0 Å². The monoisotopic (exact) mass is 490 g/mol. The molecule has 3 rings (SSSR count). The molecule has 188 valence electrons. The molecule has 2 aromatic rings. The van der Waals surface area contributed by atoms with Gasteiger partial charge in [0, 0.05) is 19.4 Å². The molecule has 0 aromatic heterocycles. The predicted molar refractivity (Wildman–Crippen MR) is 148 cm³/mol. The van der Waals surface area contributed by atoms with Crippen molar-refractivity contribution in [2.45, 2.75) is 78.2 Å². The molecular weight excluding hydrogens is 448 g/mol. The zero-order valence-electron chi connectivity index (χ0n) is 22.2. The van der Waals surface area contributed by atoms with Gasteiger partial charge in [-0.15, -0.1) is 0 Å². The molecule has 1 aliphatic rings. The van der Waals surface area contributed by atoms with Crippen LogP contribution >= 0.6 is 0 Å². The average molecular weight is 491 g/mol. The van der Waals surface area contributed by atoms with Gasteiger partial charge in [0.25, 0.3) is 8.32 Å². The van der Waals surface area contributed by atoms with Crippen LogP contribution in [0.25, 0.3) is 0 Å². The normalized spacial score (nSPS) is 22.8. The largest absolute Gasteiger partial charge is 0.407 e. The highest BCUT2D eigenvalue weighted by atomic mass is 28.4. The first-order valence-corrected chi connectivity index (χ1v) is 14.8. The van der Waals surface area contributed by atoms with Crippen LogP contribution < -0.4 is 10.4 Å². The number of carbonyl (C=O) groups is 2. The summed E-state index contributed by atoms with van der Waals surface area (Å²) in [5.74, 6) is 0.267. The van der Waals surface area contributed by atoms with Gasteiger partial charge in [0.15, 0.2) is 0 Å². The third-order valence-corrected chi connectivity index (χ3v) is 13.6. The van der Waals surface area contributed by atoms with Crippen molar-refractivity contribution in [2.75, 3.05) is 6.61 Å². The molecule has 1 aliphatic carbocycles. The Bertz CT molecular complexity index is 985. The number of allylic oxidation sites excluding steroid dienone is 1. The minimum absolute atomic E-state index is 0.0550. The molecule has 1 fully saturated rings. The van der Waals surface area contributed by atoms with Gasteiger partial charge in [0.05, 0.1) is 5.41 Å². The zero-order valence-corrected chi connectivity index (χ0v) is 23.2. The van der Waals surface area contributed by atoms with Crippen LogP contribution in [0.15, 0.2) is 72.8 Å². The fourth-order valence-electron chi connectivity index (χ4n) is 6.16. The van der Waals surface area contributed by atoms with Gasteiger partial charge in [-0.1, -0.05) is 101 Å². The Morgan fingerprint density at radius 3 is 2.06 bits per heavy atom. The molecule has 0 spiro atoms. The van der Waals surface area contributed by atoms with E-state index in [0.29, 0.717) is 25.9 Å². The minimum Gasteiger partial charge on any atom is -0.407 e. The molecular formula is C31H42O3Si. The number of carbonyl (C=O) groups excluding carboxylic acids is 2. The van der Waals surface area contributed by atoms with Crippen molar-refractivity contribution in [3.05, 3.63) is 72.8 Å². The van der Waals surface area contributed by atoms with Crippen LogP contribution in [0.4, 0.5) is 0 Å². The molecule has 0 N–H and O–H groups in total. The maximum atomic E-state index is 13.0. The lowest BCUT2D eigenvalue weighted by molar-refractivity contribution is -0.126. The average Bonchev–Trinajstić information content (AvgIpc) is 3.08. The summed E-state index contributed by atoms with van der Waals surface area (Å²) in [6.45, 7) is 16.1. The van der Waals surface area contributed by atoms with E-state index in [4.69, 9.17) is 4.43 Å². The predicted octanol–water partition coefficient (Wildman–Crippen LogP) is 6.25. The molecule has 2 atom stereocenters. The minimum atomic E-state index is -2.56. The molecule has 2 aromatic carbocycles. The van der Waals surface area contributed by atoms with Crippen molar-refractivity contribution in [2.24, 2.45) is 10.8 Å². The van der Waals surface area contributed by atoms with Gasteiger partial charge in [-0.3, -0.25) is 4.79 Å². The fourth-order valence-corrected chi connectivity index (χ4v) is 10.8. The van der Waals surface area contributed by atoms with Gasteiger partial charge in [-0.05, 0) is 53.4 Å². The third-order valence-electron chi connectivity index (χ3n) is 8.55. The van der Waals surface area contributed by atoms with Gasteiger partial charge in [-0.25, -0.2) is 0 Å². The van der Waals surface area contributed by atoms with Crippen LogP contribution in [0.5, 0.6) is 0 Å². The Hall–Kier alpha value is -2.30. The molecule has 0 bridgehead atoms. The summed E-state index contributed by atoms with van der Waals surface area (Å²) in [4.78, 5) is 24.0. The Morgan fingerprint density at radius 1 is 1.03 bits per heavy atom. The summed E-state index contributed by atoms with van der Waals surface area (Å²) in [7, 11) is -2.56. The molecule has 0 heterocycles. The molecule has 1 unspecified atom stereocenters. The van der Waals surface area contributed by atoms with Gasteiger partial charge in [-0.2, -0.15) is 0 Å². The van der Waals surface area contributed by atoms with E-state index in [1.165, 1.54) is 10.4 Å². The van der Waals surface area contributed by atoms with E-state index in [-0.39, 0.29) is 16.2 Å². The second kappa shape index (κ2) is 10.8. The molecule has 0 aliphatic heterocycles. The van der Waals surface area contributed by atoms with E-state index >= 15 is 0 Å². The first-order valence-electron chi connectivity index (χ1n) is 12.9. The molecule has 4 heteroatoms. The smallest absolute Gasteiger partial charge is 0.261 e. The summed E-state index contributed by atoms with van der Waals surface area (Å²) >= 11 is 0. The first-order chi connectivity index (χ1) is 16.5. The van der Waals surface area contributed by atoms with Crippen molar-refractivity contribution in [1.29, 1.82) is 0 Å². The van der Waals surface area contributed by atoms with E-state index in [0.717, 1.165) is 31.1 Å². The van der Waals surface area contributed by atoms with Crippen LogP contribution in [0.2, 0.25) is 5.04 Å². The Balaban J connectivity index is 1.85. The highest BCUT2D eigenvalue weighted by molar-refractivity contribution is 6.99. The zero-order chi connectivity index (χ0) is 25.7. The standard InChI is InChI=1S/C31H42O3Si/c1-25(15-13-23-32)31(6)28(33)20-22-30(31,5)21-14-24-34-35(29(2,3)4,26-16-9-7-10-17-26)27-18-11-8-12-19-27/h7-12,16-19,23H,1,13-15,20-22,24H2,2-6H3/t30-,31?/m1/s1. The fraction of sp³-hybridized carbons (Fsp3) is 0.484. The quantitative estimate of drug-likeness (QED) is 0.162. The Kier molecular flexibility index (Phi) is 8.39. The summed E-state index contributed by atoms with van der Waals surface area (Å²) in [5.41, 5.74) is 0.161. The number of ketones is 1. The van der Waals surface area contributed by atoms with E-state index in [9.17, 15) is 9.59 Å². The van der Waals surface area contributed by atoms with Crippen molar-refractivity contribution in [1.82, 2.24) is 0 Å². The lowest BCUT2D eigenvalue weighted by Crippen LogP contribution is -2.66. The summed E-state index contributed by atoms with van der Waals surface area (Å²) in [5, 5.41) is 2.52. The molecule has 3 nitrogen and oxygen atoms in total. The Morgan fingerprint density at radius 2 is 1.57 bits per heavy atom. The molecule has 0 radical (unpaired) electrons. The van der Waals surface area contributed by atoms with Crippen molar-refractivity contribution >= 4 is 30.8 Å². The molecule has 0 saturated heterocycles. The number of benzene rings is 2. The van der Waals surface area contributed by atoms with Crippen molar-refractivity contribution < 1.29 is 14.0 Å². The lowest BCUT2D eigenvalue weighted by atomic mass is 9.61. The lowest BCUT2D eigenvalue weighted by Gasteiger charge is -2.44. The highest BCUT2D eigenvalue weighted by Crippen LogP contribution is 2.57. The molecule has 0 amide bonds. The third kappa shape index (κ3) is 5.01. The second-order valence-corrected chi connectivity index (χ2v) is 15.8.